The maximum absolute atomic E-state index is 14.2. The predicted molar refractivity (Wildman–Crippen MR) is 148 cm³/mol. The Morgan fingerprint density at radius 1 is 1.13 bits per heavy atom. The standard InChI is InChI=1S/C27H28N6O5S/c1-4-38-20(34)13-31-26(36)23(18-12-30-19-8-6-5-7-17(18)19)33(16-10-14(2)9-15(3)11-16)27(37)24-21(28)22(25(29)35)32-39-24/h5-12,23,30H,4,13,28H2,1-3H3,(H2,29,35)(H,31,36). The maximum Gasteiger partial charge on any atom is 0.325 e. The van der Waals surface area contributed by atoms with E-state index < -0.39 is 36.3 Å². The van der Waals surface area contributed by atoms with Crippen molar-refractivity contribution in [1.82, 2.24) is 14.7 Å². The number of fused-ring (bicyclic) bond motifs is 1. The molecule has 12 heteroatoms. The molecule has 0 fully saturated rings. The van der Waals surface area contributed by atoms with Gasteiger partial charge in [0.25, 0.3) is 11.8 Å². The number of rotatable bonds is 9. The highest BCUT2D eigenvalue weighted by Crippen LogP contribution is 2.36. The van der Waals surface area contributed by atoms with Gasteiger partial charge in [-0.2, -0.15) is 4.37 Å². The van der Waals surface area contributed by atoms with Crippen LogP contribution in [0.2, 0.25) is 0 Å². The number of amides is 3. The fourth-order valence-corrected chi connectivity index (χ4v) is 5.14. The largest absolute Gasteiger partial charge is 0.465 e. The van der Waals surface area contributed by atoms with Gasteiger partial charge < -0.3 is 26.5 Å². The second kappa shape index (κ2) is 11.4. The van der Waals surface area contributed by atoms with Gasteiger partial charge in [-0.1, -0.05) is 24.3 Å². The first-order valence-electron chi connectivity index (χ1n) is 12.1. The molecule has 0 radical (unpaired) electrons. The highest BCUT2D eigenvalue weighted by atomic mass is 32.1. The van der Waals surface area contributed by atoms with E-state index in [0.717, 1.165) is 28.2 Å². The number of H-pyrrole nitrogens is 1. The predicted octanol–water partition coefficient (Wildman–Crippen LogP) is 2.99. The van der Waals surface area contributed by atoms with Crippen LogP contribution in [0, 0.1) is 13.8 Å². The van der Waals surface area contributed by atoms with Crippen LogP contribution in [0.15, 0.2) is 48.7 Å². The topological polar surface area (TPSA) is 174 Å². The lowest BCUT2D eigenvalue weighted by Crippen LogP contribution is -2.45. The summed E-state index contributed by atoms with van der Waals surface area (Å²) in [5.74, 6) is -2.78. The van der Waals surface area contributed by atoms with Crippen molar-refractivity contribution in [3.63, 3.8) is 0 Å². The number of aromatic amines is 1. The average molecular weight is 549 g/mol. The molecule has 3 amide bonds. The van der Waals surface area contributed by atoms with Crippen LogP contribution in [0.1, 0.15) is 49.8 Å². The van der Waals surface area contributed by atoms with Crippen molar-refractivity contribution in [1.29, 1.82) is 0 Å². The molecule has 39 heavy (non-hydrogen) atoms. The first-order valence-corrected chi connectivity index (χ1v) is 12.9. The molecule has 0 aliphatic heterocycles. The van der Waals surface area contributed by atoms with Crippen LogP contribution < -0.4 is 21.7 Å². The molecule has 0 aliphatic rings. The molecule has 0 saturated heterocycles. The number of nitrogens with one attached hydrogen (secondary N) is 2. The quantitative estimate of drug-likeness (QED) is 0.233. The Labute approximate surface area is 228 Å². The number of carbonyl (C=O) groups is 4. The fraction of sp³-hybridized carbons (Fsp3) is 0.222. The normalized spacial score (nSPS) is 11.7. The van der Waals surface area contributed by atoms with Gasteiger partial charge in [-0.3, -0.25) is 24.1 Å². The number of nitrogen functional groups attached to an aromatic ring is 1. The highest BCUT2D eigenvalue weighted by Gasteiger charge is 2.37. The molecule has 202 valence electrons. The van der Waals surface area contributed by atoms with E-state index >= 15 is 0 Å². The minimum absolute atomic E-state index is 0.0500. The van der Waals surface area contributed by atoms with Crippen molar-refractivity contribution in [2.45, 2.75) is 26.8 Å². The number of anilines is 2. The Hall–Kier alpha value is -4.71. The second-order valence-electron chi connectivity index (χ2n) is 8.87. The van der Waals surface area contributed by atoms with Crippen molar-refractivity contribution in [3.8, 4) is 0 Å². The summed E-state index contributed by atoms with van der Waals surface area (Å²) in [5, 5.41) is 3.31. The van der Waals surface area contributed by atoms with E-state index in [9.17, 15) is 19.2 Å². The number of para-hydroxylation sites is 1. The third kappa shape index (κ3) is 5.60. The Kier molecular flexibility index (Phi) is 7.96. The van der Waals surface area contributed by atoms with E-state index in [1.165, 1.54) is 4.90 Å². The summed E-state index contributed by atoms with van der Waals surface area (Å²) in [7, 11) is 0. The van der Waals surface area contributed by atoms with E-state index in [4.69, 9.17) is 16.2 Å². The lowest BCUT2D eigenvalue weighted by molar-refractivity contribution is -0.143. The summed E-state index contributed by atoms with van der Waals surface area (Å²) < 4.78 is 8.93. The minimum atomic E-state index is -1.25. The molecule has 11 nitrogen and oxygen atoms in total. The number of hydrogen-bond donors (Lipinski definition) is 4. The summed E-state index contributed by atoms with van der Waals surface area (Å²) in [6, 6.07) is 11.5. The molecule has 1 unspecified atom stereocenters. The molecule has 4 rings (SSSR count). The molecule has 0 saturated carbocycles. The van der Waals surface area contributed by atoms with Crippen molar-refractivity contribution >= 4 is 57.5 Å². The van der Waals surface area contributed by atoms with E-state index in [0.29, 0.717) is 16.6 Å². The molecule has 4 aromatic rings. The van der Waals surface area contributed by atoms with Crippen LogP contribution in [0.3, 0.4) is 0 Å². The molecule has 2 aromatic carbocycles. The lowest BCUT2D eigenvalue weighted by atomic mass is 10.0. The summed E-state index contributed by atoms with van der Waals surface area (Å²) in [5.41, 5.74) is 14.5. The molecular formula is C27H28N6O5S. The van der Waals surface area contributed by atoms with E-state index in [1.54, 1.807) is 25.3 Å². The molecule has 0 spiro atoms. The SMILES string of the molecule is CCOC(=O)CNC(=O)C(c1c[nH]c2ccccc12)N(C(=O)c1snc(C(N)=O)c1N)c1cc(C)cc(C)c1. The number of nitrogens with two attached hydrogens (primary N) is 2. The van der Waals surface area contributed by atoms with Crippen LogP contribution in [0.4, 0.5) is 11.4 Å². The third-order valence-corrected chi connectivity index (χ3v) is 6.84. The zero-order valence-corrected chi connectivity index (χ0v) is 22.4. The molecule has 2 aromatic heterocycles. The molecule has 0 aliphatic carbocycles. The summed E-state index contributed by atoms with van der Waals surface area (Å²) >= 11 is 0.718. The van der Waals surface area contributed by atoms with Gasteiger partial charge in [0.05, 0.1) is 12.3 Å². The minimum Gasteiger partial charge on any atom is -0.465 e. The van der Waals surface area contributed by atoms with E-state index in [2.05, 4.69) is 14.7 Å². The Balaban J connectivity index is 1.92. The van der Waals surface area contributed by atoms with Gasteiger partial charge in [-0.15, -0.1) is 0 Å². The van der Waals surface area contributed by atoms with Crippen LogP contribution in [0.25, 0.3) is 10.9 Å². The fourth-order valence-electron chi connectivity index (χ4n) is 4.40. The van der Waals surface area contributed by atoms with Crippen LogP contribution >= 0.6 is 11.5 Å². The monoisotopic (exact) mass is 548 g/mol. The van der Waals surface area contributed by atoms with Crippen molar-refractivity contribution < 1.29 is 23.9 Å². The van der Waals surface area contributed by atoms with Gasteiger partial charge in [0.1, 0.15) is 17.5 Å². The Bertz CT molecular complexity index is 1560. The first kappa shape index (κ1) is 27.3. The van der Waals surface area contributed by atoms with Gasteiger partial charge in [0.15, 0.2) is 5.69 Å². The van der Waals surface area contributed by atoms with Crippen LogP contribution in [0.5, 0.6) is 0 Å². The molecule has 2 heterocycles. The number of ether oxygens (including phenoxy) is 1. The van der Waals surface area contributed by atoms with Gasteiger partial charge >= 0.3 is 5.97 Å². The Morgan fingerprint density at radius 3 is 2.46 bits per heavy atom. The Morgan fingerprint density at radius 2 is 1.82 bits per heavy atom. The number of hydrogen-bond acceptors (Lipinski definition) is 8. The number of aromatic nitrogens is 2. The number of benzene rings is 2. The first-order chi connectivity index (χ1) is 18.6. The van der Waals surface area contributed by atoms with Gasteiger partial charge in [-0.05, 0) is 61.6 Å². The number of nitrogens with zero attached hydrogens (tertiary/aromatic N) is 2. The van der Waals surface area contributed by atoms with Gasteiger partial charge in [0.2, 0.25) is 5.91 Å². The number of aryl methyl sites for hydroxylation is 2. The van der Waals surface area contributed by atoms with Gasteiger partial charge in [0, 0.05) is 28.4 Å². The number of esters is 1. The van der Waals surface area contributed by atoms with E-state index in [-0.39, 0.29) is 22.9 Å². The number of primary amides is 1. The number of carbonyl (C=O) groups excluding carboxylic acids is 4. The molecule has 6 N–H and O–H groups in total. The summed E-state index contributed by atoms with van der Waals surface area (Å²) in [6.45, 7) is 5.16. The zero-order valence-electron chi connectivity index (χ0n) is 21.6. The van der Waals surface area contributed by atoms with Crippen LogP contribution in [-0.4, -0.2) is 46.2 Å². The van der Waals surface area contributed by atoms with E-state index in [1.807, 2.05) is 44.2 Å². The van der Waals surface area contributed by atoms with Crippen molar-refractivity contribution in [2.24, 2.45) is 5.73 Å². The summed E-state index contributed by atoms with van der Waals surface area (Å²) in [6.07, 6.45) is 1.65. The third-order valence-electron chi connectivity index (χ3n) is 5.99. The highest BCUT2D eigenvalue weighted by molar-refractivity contribution is 7.09. The maximum atomic E-state index is 14.2. The van der Waals surface area contributed by atoms with Crippen LogP contribution in [-0.2, 0) is 14.3 Å². The molecule has 0 bridgehead atoms. The van der Waals surface area contributed by atoms with Gasteiger partial charge in [-0.25, -0.2) is 0 Å². The van der Waals surface area contributed by atoms with Crippen molar-refractivity contribution in [2.75, 3.05) is 23.8 Å². The summed E-state index contributed by atoms with van der Waals surface area (Å²) in [4.78, 5) is 56.4. The smallest absolute Gasteiger partial charge is 0.325 e. The average Bonchev–Trinajstić information content (AvgIpc) is 3.48. The molecule has 1 atom stereocenters. The van der Waals surface area contributed by atoms with Crippen molar-refractivity contribution in [3.05, 3.63) is 75.9 Å². The second-order valence-corrected chi connectivity index (χ2v) is 9.65. The zero-order chi connectivity index (χ0) is 28.3. The molecular weight excluding hydrogens is 520 g/mol. The lowest BCUT2D eigenvalue weighted by Gasteiger charge is -2.31.